The zero-order valence-corrected chi connectivity index (χ0v) is 24.2. The van der Waals surface area contributed by atoms with Gasteiger partial charge < -0.3 is 24.8 Å². The van der Waals surface area contributed by atoms with Crippen LogP contribution in [0.25, 0.3) is 0 Å². The van der Waals surface area contributed by atoms with Gasteiger partial charge in [-0.25, -0.2) is 19.3 Å². The maximum absolute atomic E-state index is 13.0. The summed E-state index contributed by atoms with van der Waals surface area (Å²) in [7, 11) is 0. The van der Waals surface area contributed by atoms with E-state index in [2.05, 4.69) is 16.8 Å². The Balaban J connectivity index is 1.85. The van der Waals surface area contributed by atoms with Crippen LogP contribution >= 0.6 is 0 Å². The predicted octanol–water partition coefficient (Wildman–Crippen LogP) is 5.40. The summed E-state index contributed by atoms with van der Waals surface area (Å²) < 4.78 is 16.0. The molecule has 1 aliphatic heterocycles. The molecule has 0 atom stereocenters. The normalized spacial score (nSPS) is 12.8. The van der Waals surface area contributed by atoms with Crippen LogP contribution in [0.2, 0.25) is 0 Å². The summed E-state index contributed by atoms with van der Waals surface area (Å²) in [4.78, 5) is 42.8. The fourth-order valence-electron chi connectivity index (χ4n) is 3.86. The number of nitrogens with two attached hydrogens (primary N) is 1. The van der Waals surface area contributed by atoms with E-state index in [9.17, 15) is 14.4 Å². The van der Waals surface area contributed by atoms with Crippen LogP contribution in [-0.2, 0) is 20.6 Å². The Labute approximate surface area is 234 Å². The molecule has 0 saturated carbocycles. The fraction of sp³-hybridized carbons (Fsp3) is 0.464. The van der Waals surface area contributed by atoms with Crippen molar-refractivity contribution in [1.29, 1.82) is 0 Å². The first kappa shape index (κ1) is 30.2. The van der Waals surface area contributed by atoms with E-state index in [1.54, 1.807) is 53.7 Å². The molecule has 0 bridgehead atoms. The van der Waals surface area contributed by atoms with E-state index in [4.69, 9.17) is 19.9 Å². The molecule has 1 aliphatic rings. The van der Waals surface area contributed by atoms with Crippen LogP contribution < -0.4 is 15.5 Å². The summed E-state index contributed by atoms with van der Waals surface area (Å²) in [5, 5.41) is 8.59. The van der Waals surface area contributed by atoms with Gasteiger partial charge in [0.05, 0.1) is 12.3 Å². The SMILES string of the molecule is C=C(C)OC(=O)N(CCN(C(=O)OC(C)(C)C)C(=O)OC(C)(C)C)c1ccc(N2CCc3cc(N)ccc32)nn1. The Hall–Kier alpha value is -4.35. The predicted molar refractivity (Wildman–Crippen MR) is 151 cm³/mol. The molecule has 12 heteroatoms. The van der Waals surface area contributed by atoms with Crippen LogP contribution in [0.3, 0.4) is 0 Å². The Morgan fingerprint density at radius 1 is 0.950 bits per heavy atom. The highest BCUT2D eigenvalue weighted by Gasteiger charge is 2.33. The number of ether oxygens (including phenoxy) is 3. The van der Waals surface area contributed by atoms with Crippen molar-refractivity contribution in [3.05, 3.63) is 48.2 Å². The molecular weight excluding hydrogens is 516 g/mol. The lowest BCUT2D eigenvalue weighted by atomic mass is 10.1. The van der Waals surface area contributed by atoms with Crippen molar-refractivity contribution in [3.8, 4) is 0 Å². The number of nitrogens with zero attached hydrogens (tertiary/aromatic N) is 5. The van der Waals surface area contributed by atoms with Gasteiger partial charge in [0.2, 0.25) is 0 Å². The second kappa shape index (κ2) is 11.8. The Kier molecular flexibility index (Phi) is 8.91. The smallest absolute Gasteiger partial charge is 0.420 e. The summed E-state index contributed by atoms with van der Waals surface area (Å²) in [6, 6.07) is 9.05. The van der Waals surface area contributed by atoms with Gasteiger partial charge in [-0.2, -0.15) is 0 Å². The monoisotopic (exact) mass is 554 g/mol. The molecule has 12 nitrogen and oxygen atoms in total. The first-order valence-electron chi connectivity index (χ1n) is 12.9. The van der Waals surface area contributed by atoms with Gasteiger partial charge in [-0.15, -0.1) is 10.2 Å². The molecule has 0 saturated heterocycles. The minimum Gasteiger partial charge on any atom is -0.443 e. The molecule has 0 fully saturated rings. The third-order valence-electron chi connectivity index (χ3n) is 5.45. The number of carbonyl (C=O) groups excluding carboxylic acids is 3. The number of imide groups is 1. The molecule has 2 N–H and O–H groups in total. The summed E-state index contributed by atoms with van der Waals surface area (Å²) in [5.74, 6) is 0.897. The Morgan fingerprint density at radius 2 is 1.57 bits per heavy atom. The van der Waals surface area contributed by atoms with E-state index >= 15 is 0 Å². The zero-order valence-electron chi connectivity index (χ0n) is 24.2. The summed E-state index contributed by atoms with van der Waals surface area (Å²) in [6.45, 7) is 15.5. The van der Waals surface area contributed by atoms with Crippen molar-refractivity contribution in [2.45, 2.75) is 66.1 Å². The highest BCUT2D eigenvalue weighted by molar-refractivity contribution is 5.89. The molecule has 3 rings (SSSR count). The number of benzene rings is 1. The van der Waals surface area contributed by atoms with E-state index in [1.807, 2.05) is 23.1 Å². The number of amides is 3. The number of nitrogen functional groups attached to an aromatic ring is 1. The lowest BCUT2D eigenvalue weighted by Gasteiger charge is -2.30. The topological polar surface area (TPSA) is 140 Å². The molecule has 1 aromatic carbocycles. The van der Waals surface area contributed by atoms with E-state index in [-0.39, 0.29) is 24.7 Å². The zero-order chi connectivity index (χ0) is 29.8. The van der Waals surface area contributed by atoms with Gasteiger partial charge in [0.25, 0.3) is 0 Å². The summed E-state index contributed by atoms with van der Waals surface area (Å²) in [5.41, 5.74) is 6.98. The fourth-order valence-corrected chi connectivity index (χ4v) is 3.86. The minimum absolute atomic E-state index is 0.153. The molecule has 0 radical (unpaired) electrons. The minimum atomic E-state index is -0.912. The third kappa shape index (κ3) is 8.08. The van der Waals surface area contributed by atoms with Crippen molar-refractivity contribution in [3.63, 3.8) is 0 Å². The van der Waals surface area contributed by atoms with Crippen molar-refractivity contribution in [2.75, 3.05) is 35.2 Å². The lowest BCUT2D eigenvalue weighted by Crippen LogP contribution is -2.47. The van der Waals surface area contributed by atoms with Crippen LogP contribution in [0.15, 0.2) is 42.7 Å². The maximum atomic E-state index is 13.0. The highest BCUT2D eigenvalue weighted by Crippen LogP contribution is 2.34. The van der Waals surface area contributed by atoms with Gasteiger partial charge in [0.15, 0.2) is 11.6 Å². The Morgan fingerprint density at radius 3 is 2.10 bits per heavy atom. The van der Waals surface area contributed by atoms with Gasteiger partial charge in [-0.05, 0) is 90.8 Å². The van der Waals surface area contributed by atoms with Crippen LogP contribution in [0.1, 0.15) is 54.0 Å². The quantitative estimate of drug-likeness (QED) is 0.280. The maximum Gasteiger partial charge on any atom is 0.420 e. The van der Waals surface area contributed by atoms with Gasteiger partial charge in [-0.3, -0.25) is 4.90 Å². The third-order valence-corrected chi connectivity index (χ3v) is 5.45. The van der Waals surface area contributed by atoms with E-state index in [0.29, 0.717) is 18.1 Å². The van der Waals surface area contributed by atoms with E-state index in [0.717, 1.165) is 27.5 Å². The van der Waals surface area contributed by atoms with Gasteiger partial charge in [-0.1, -0.05) is 6.58 Å². The van der Waals surface area contributed by atoms with Crippen LogP contribution in [0, 0.1) is 0 Å². The molecule has 2 aromatic rings. The first-order valence-corrected chi connectivity index (χ1v) is 12.9. The number of carbonyl (C=O) groups is 3. The largest absolute Gasteiger partial charge is 0.443 e. The van der Waals surface area contributed by atoms with Crippen molar-refractivity contribution in [2.24, 2.45) is 0 Å². The first-order chi connectivity index (χ1) is 18.5. The van der Waals surface area contributed by atoms with Crippen LogP contribution in [0.4, 0.5) is 37.4 Å². The molecule has 0 unspecified atom stereocenters. The molecule has 0 aliphatic carbocycles. The van der Waals surface area contributed by atoms with Gasteiger partial charge in [0, 0.05) is 24.5 Å². The number of aromatic nitrogens is 2. The lowest BCUT2D eigenvalue weighted by molar-refractivity contribution is 0.00192. The molecule has 3 amide bonds. The number of hydrogen-bond donors (Lipinski definition) is 1. The molecule has 216 valence electrons. The second-order valence-electron chi connectivity index (χ2n) is 11.4. The molecule has 0 spiro atoms. The highest BCUT2D eigenvalue weighted by atomic mass is 16.6. The number of allylic oxidation sites excluding steroid dienone is 1. The van der Waals surface area contributed by atoms with E-state index in [1.165, 1.54) is 6.92 Å². The second-order valence-corrected chi connectivity index (χ2v) is 11.4. The standard InChI is InChI=1S/C28H38N6O6/c1-18(2)38-24(35)33(15-16-34(25(36)39-27(3,4)5)26(37)40-28(6,7)8)23-12-11-22(30-31-23)32-14-13-19-17-20(29)9-10-21(19)32/h9-12,17H,1,13-16,29H2,2-8H3. The number of anilines is 4. The molecule has 40 heavy (non-hydrogen) atoms. The molecular formula is C28H38N6O6. The van der Waals surface area contributed by atoms with Crippen molar-refractivity contribution in [1.82, 2.24) is 15.1 Å². The average Bonchev–Trinajstić information content (AvgIpc) is 3.22. The summed E-state index contributed by atoms with van der Waals surface area (Å²) in [6.07, 6.45) is -1.81. The number of rotatable bonds is 6. The van der Waals surface area contributed by atoms with Gasteiger partial charge >= 0.3 is 18.3 Å². The number of fused-ring (bicyclic) bond motifs is 1. The molecule has 1 aromatic heterocycles. The van der Waals surface area contributed by atoms with Crippen molar-refractivity contribution >= 4 is 41.3 Å². The summed E-state index contributed by atoms with van der Waals surface area (Å²) >= 11 is 0. The number of hydrogen-bond acceptors (Lipinski definition) is 10. The van der Waals surface area contributed by atoms with Crippen molar-refractivity contribution < 1.29 is 28.6 Å². The van der Waals surface area contributed by atoms with Crippen LogP contribution in [0.5, 0.6) is 0 Å². The molecule has 2 heterocycles. The van der Waals surface area contributed by atoms with E-state index < -0.39 is 29.5 Å². The van der Waals surface area contributed by atoms with Crippen LogP contribution in [-0.4, -0.2) is 64.2 Å². The van der Waals surface area contributed by atoms with Gasteiger partial charge in [0.1, 0.15) is 11.2 Å². The Bertz CT molecular complexity index is 1240. The average molecular weight is 555 g/mol.